The molecule has 45 heavy (non-hydrogen) atoms. The number of alkyl halides is 3. The molecule has 0 radical (unpaired) electrons. The monoisotopic (exact) mass is 624 g/mol. The number of fused-ring (bicyclic) bond motifs is 1. The van der Waals surface area contributed by atoms with Crippen LogP contribution in [0.2, 0.25) is 0 Å². The maximum absolute atomic E-state index is 13.9. The van der Waals surface area contributed by atoms with Gasteiger partial charge in [-0.3, -0.25) is 4.79 Å². The van der Waals surface area contributed by atoms with Crippen LogP contribution in [-0.4, -0.2) is 46.3 Å². The van der Waals surface area contributed by atoms with Crippen LogP contribution in [0.25, 0.3) is 10.9 Å². The number of halogens is 3. The lowest BCUT2D eigenvalue weighted by atomic mass is 10.1. The van der Waals surface area contributed by atoms with Crippen LogP contribution < -0.4 is 9.80 Å². The molecule has 7 nitrogen and oxygen atoms in total. The van der Waals surface area contributed by atoms with Gasteiger partial charge < -0.3 is 19.5 Å². The molecule has 2 heterocycles. The summed E-state index contributed by atoms with van der Waals surface area (Å²) in [6.45, 7) is 8.35. The highest BCUT2D eigenvalue weighted by molar-refractivity contribution is 5.98. The second kappa shape index (κ2) is 16.7. The number of carboxylic acid groups (broad SMARTS) is 1. The van der Waals surface area contributed by atoms with Crippen LogP contribution in [0.3, 0.4) is 0 Å². The summed E-state index contributed by atoms with van der Waals surface area (Å²) in [7, 11) is 2.01. The molecular weight excluding hydrogens is 581 g/mol. The van der Waals surface area contributed by atoms with E-state index in [9.17, 15) is 18.0 Å². The SMILES string of the molecule is CCCCCN(C(=O)Cc1c(C)n(CCCCC)c2ccccc12)c1ccc(N(C)c2ccccn2)cc1.O=C(O)C(F)(F)F. The number of rotatable bonds is 13. The van der Waals surface area contributed by atoms with Gasteiger partial charge in [-0.15, -0.1) is 0 Å². The molecule has 4 rings (SSSR count). The first-order valence-electron chi connectivity index (χ1n) is 15.4. The molecular formula is C35H43F3N4O3. The lowest BCUT2D eigenvalue weighted by Gasteiger charge is -2.25. The number of hydrogen-bond acceptors (Lipinski definition) is 4. The van der Waals surface area contributed by atoms with E-state index < -0.39 is 12.1 Å². The third-order valence-corrected chi connectivity index (χ3v) is 7.75. The van der Waals surface area contributed by atoms with Crippen molar-refractivity contribution in [2.75, 3.05) is 23.4 Å². The van der Waals surface area contributed by atoms with Gasteiger partial charge >= 0.3 is 12.1 Å². The lowest BCUT2D eigenvalue weighted by molar-refractivity contribution is -0.192. The van der Waals surface area contributed by atoms with Crippen LogP contribution in [0.4, 0.5) is 30.4 Å². The van der Waals surface area contributed by atoms with Gasteiger partial charge in [0.25, 0.3) is 0 Å². The number of para-hydroxylation sites is 1. The molecule has 0 bridgehead atoms. The van der Waals surface area contributed by atoms with Crippen molar-refractivity contribution in [2.45, 2.75) is 78.4 Å². The molecule has 0 saturated carbocycles. The maximum Gasteiger partial charge on any atom is 0.490 e. The molecule has 0 saturated heterocycles. The number of aliphatic carboxylic acids is 1. The first kappa shape index (κ1) is 35.1. The standard InChI is InChI=1S/C33H42N4O.C2HF3O2/c1-5-7-13-23-36-26(3)30(29-15-9-10-16-31(29)36)25-33(38)37(24-14-8-6-2)28-20-18-27(19-21-28)35(4)32-17-11-12-22-34-32;3-2(4,5)1(6)7/h9-12,15-22H,5-8,13-14,23-25H2,1-4H3;(H,6,7). The van der Waals surface area contributed by atoms with Crippen LogP contribution in [0, 0.1) is 6.92 Å². The van der Waals surface area contributed by atoms with Crippen LogP contribution in [0.15, 0.2) is 72.9 Å². The predicted octanol–water partition coefficient (Wildman–Crippen LogP) is 8.70. The molecule has 1 N–H and O–H groups in total. The average molecular weight is 625 g/mol. The van der Waals surface area contributed by atoms with E-state index in [1.807, 2.05) is 30.1 Å². The summed E-state index contributed by atoms with van der Waals surface area (Å²) in [6, 6.07) is 22.8. The van der Waals surface area contributed by atoms with E-state index in [-0.39, 0.29) is 5.91 Å². The highest BCUT2D eigenvalue weighted by Crippen LogP contribution is 2.29. The Morgan fingerprint density at radius 1 is 0.867 bits per heavy atom. The first-order valence-corrected chi connectivity index (χ1v) is 15.4. The predicted molar refractivity (Wildman–Crippen MR) is 174 cm³/mol. The summed E-state index contributed by atoms with van der Waals surface area (Å²) in [5, 5.41) is 8.33. The molecule has 0 aliphatic rings. The van der Waals surface area contributed by atoms with E-state index >= 15 is 0 Å². The quantitative estimate of drug-likeness (QED) is 0.151. The zero-order chi connectivity index (χ0) is 33.0. The second-order valence-electron chi connectivity index (χ2n) is 10.9. The van der Waals surface area contributed by atoms with E-state index in [0.29, 0.717) is 6.42 Å². The number of aryl methyl sites for hydroxylation is 1. The van der Waals surface area contributed by atoms with E-state index in [0.717, 1.165) is 61.5 Å². The number of unbranched alkanes of at least 4 members (excludes halogenated alkanes) is 4. The van der Waals surface area contributed by atoms with Crippen molar-refractivity contribution < 1.29 is 27.9 Å². The highest BCUT2D eigenvalue weighted by Gasteiger charge is 2.38. The van der Waals surface area contributed by atoms with E-state index in [1.54, 1.807) is 6.20 Å². The van der Waals surface area contributed by atoms with Gasteiger partial charge in [0.1, 0.15) is 5.82 Å². The fraction of sp³-hybridized carbons (Fsp3) is 0.400. The molecule has 0 atom stereocenters. The van der Waals surface area contributed by atoms with Gasteiger partial charge in [0.15, 0.2) is 0 Å². The number of carboxylic acids is 1. The van der Waals surface area contributed by atoms with Crippen molar-refractivity contribution in [3.63, 3.8) is 0 Å². The molecule has 0 fully saturated rings. The topological polar surface area (TPSA) is 78.7 Å². The summed E-state index contributed by atoms with van der Waals surface area (Å²) in [4.78, 5) is 31.3. The van der Waals surface area contributed by atoms with Crippen molar-refractivity contribution in [2.24, 2.45) is 0 Å². The molecule has 0 aliphatic heterocycles. The number of anilines is 3. The summed E-state index contributed by atoms with van der Waals surface area (Å²) in [5.74, 6) is -1.71. The minimum absolute atomic E-state index is 0.159. The molecule has 2 aromatic carbocycles. The minimum Gasteiger partial charge on any atom is -0.475 e. The van der Waals surface area contributed by atoms with Crippen LogP contribution >= 0.6 is 0 Å². The summed E-state index contributed by atoms with van der Waals surface area (Å²) in [5.41, 5.74) is 5.61. The third-order valence-electron chi connectivity index (χ3n) is 7.75. The van der Waals surface area contributed by atoms with Gasteiger partial charge in [0, 0.05) is 54.3 Å². The van der Waals surface area contributed by atoms with Crippen molar-refractivity contribution in [3.8, 4) is 0 Å². The fourth-order valence-corrected chi connectivity index (χ4v) is 5.24. The van der Waals surface area contributed by atoms with Crippen molar-refractivity contribution in [3.05, 3.63) is 84.2 Å². The summed E-state index contributed by atoms with van der Waals surface area (Å²) in [6.07, 6.45) is 3.94. The maximum atomic E-state index is 13.9. The van der Waals surface area contributed by atoms with Gasteiger partial charge in [-0.1, -0.05) is 63.8 Å². The van der Waals surface area contributed by atoms with Crippen LogP contribution in [0.1, 0.15) is 63.6 Å². The number of carbonyl (C=O) groups excluding carboxylic acids is 1. The Hall–Kier alpha value is -4.34. The lowest BCUT2D eigenvalue weighted by Crippen LogP contribution is -2.33. The Labute approximate surface area is 263 Å². The van der Waals surface area contributed by atoms with E-state index in [2.05, 4.69) is 83.8 Å². The number of nitrogens with zero attached hydrogens (tertiary/aromatic N) is 4. The number of hydrogen-bond donors (Lipinski definition) is 1. The fourth-order valence-electron chi connectivity index (χ4n) is 5.24. The Morgan fingerprint density at radius 2 is 1.47 bits per heavy atom. The molecule has 0 spiro atoms. The van der Waals surface area contributed by atoms with Gasteiger partial charge in [0.2, 0.25) is 5.91 Å². The van der Waals surface area contributed by atoms with E-state index in [1.165, 1.54) is 29.4 Å². The Bertz CT molecular complexity index is 1520. The molecule has 0 aliphatic carbocycles. The highest BCUT2D eigenvalue weighted by atomic mass is 19.4. The second-order valence-corrected chi connectivity index (χ2v) is 10.9. The Kier molecular flexibility index (Phi) is 13.0. The zero-order valence-electron chi connectivity index (χ0n) is 26.5. The van der Waals surface area contributed by atoms with Crippen molar-refractivity contribution in [1.82, 2.24) is 9.55 Å². The molecule has 1 amide bonds. The average Bonchev–Trinajstić information content (AvgIpc) is 3.29. The van der Waals surface area contributed by atoms with Gasteiger partial charge in [-0.2, -0.15) is 13.2 Å². The Morgan fingerprint density at radius 3 is 2.07 bits per heavy atom. The summed E-state index contributed by atoms with van der Waals surface area (Å²) >= 11 is 0. The van der Waals surface area contributed by atoms with Gasteiger partial charge in [-0.05, 0) is 67.8 Å². The number of benzene rings is 2. The number of carbonyl (C=O) groups is 2. The minimum atomic E-state index is -5.08. The molecule has 10 heteroatoms. The molecule has 4 aromatic rings. The molecule has 2 aromatic heterocycles. The number of pyridine rings is 1. The largest absolute Gasteiger partial charge is 0.490 e. The van der Waals surface area contributed by atoms with Crippen LogP contribution in [-0.2, 0) is 22.6 Å². The molecule has 0 unspecified atom stereocenters. The number of amides is 1. The summed E-state index contributed by atoms with van der Waals surface area (Å²) < 4.78 is 34.2. The van der Waals surface area contributed by atoms with E-state index in [4.69, 9.17) is 9.90 Å². The molecule has 242 valence electrons. The smallest absolute Gasteiger partial charge is 0.475 e. The normalized spacial score (nSPS) is 11.2. The van der Waals surface area contributed by atoms with Crippen LogP contribution in [0.5, 0.6) is 0 Å². The Balaban J connectivity index is 0.000000707. The van der Waals surface area contributed by atoms with Gasteiger partial charge in [-0.25, -0.2) is 9.78 Å². The number of aromatic nitrogens is 2. The first-order chi connectivity index (χ1) is 21.5. The van der Waals surface area contributed by atoms with Crippen molar-refractivity contribution in [1.29, 1.82) is 0 Å². The third kappa shape index (κ3) is 9.57. The zero-order valence-corrected chi connectivity index (χ0v) is 26.5. The van der Waals surface area contributed by atoms with Gasteiger partial charge in [0.05, 0.1) is 6.42 Å². The van der Waals surface area contributed by atoms with Crippen molar-refractivity contribution >= 4 is 40.0 Å².